The lowest BCUT2D eigenvalue weighted by Gasteiger charge is -2.05. The highest BCUT2D eigenvalue weighted by molar-refractivity contribution is 8.00. The summed E-state index contributed by atoms with van der Waals surface area (Å²) in [5, 5.41) is 4.86. The number of thioether (sulfide) groups is 1. The van der Waals surface area contributed by atoms with Crippen LogP contribution >= 0.6 is 23.1 Å². The Morgan fingerprint density at radius 2 is 2.29 bits per heavy atom. The van der Waals surface area contributed by atoms with Gasteiger partial charge in [0.1, 0.15) is 0 Å². The number of fused-ring (bicyclic) bond motifs is 1. The summed E-state index contributed by atoms with van der Waals surface area (Å²) in [7, 11) is 0. The van der Waals surface area contributed by atoms with E-state index in [0.717, 1.165) is 10.7 Å². The van der Waals surface area contributed by atoms with Crippen molar-refractivity contribution in [1.82, 2.24) is 14.7 Å². The van der Waals surface area contributed by atoms with Gasteiger partial charge in [0.15, 0.2) is 4.96 Å². The second kappa shape index (κ2) is 5.28. The van der Waals surface area contributed by atoms with Gasteiger partial charge >= 0.3 is 5.51 Å². The third kappa shape index (κ3) is 3.90. The average molecular weight is 281 g/mol. The molecule has 2 heterocycles. The molecule has 0 unspecified atom stereocenters. The van der Waals surface area contributed by atoms with Crippen LogP contribution in [0.4, 0.5) is 13.2 Å². The molecule has 0 amide bonds. The van der Waals surface area contributed by atoms with E-state index < -0.39 is 5.51 Å². The quantitative estimate of drug-likeness (QED) is 0.855. The summed E-state index contributed by atoms with van der Waals surface area (Å²) in [6.07, 6.45) is 3.77. The predicted octanol–water partition coefficient (Wildman–Crippen LogP) is 2.74. The molecule has 2 aromatic rings. The molecule has 0 spiro atoms. The SMILES string of the molecule is FC(F)(F)SCCNCc1cn2ccsc2n1. The maximum absolute atomic E-state index is 11.8. The van der Waals surface area contributed by atoms with Crippen molar-refractivity contribution in [3.8, 4) is 0 Å². The first-order valence-corrected chi connectivity index (χ1v) is 6.73. The molecule has 0 radical (unpaired) electrons. The lowest BCUT2D eigenvalue weighted by Crippen LogP contribution is -2.18. The molecule has 94 valence electrons. The van der Waals surface area contributed by atoms with Crippen molar-refractivity contribution in [3.05, 3.63) is 23.5 Å². The van der Waals surface area contributed by atoms with E-state index in [0.29, 0.717) is 13.1 Å². The summed E-state index contributed by atoms with van der Waals surface area (Å²) in [6, 6.07) is 0. The first-order chi connectivity index (χ1) is 8.04. The Morgan fingerprint density at radius 3 is 3.00 bits per heavy atom. The average Bonchev–Trinajstić information content (AvgIpc) is 2.75. The van der Waals surface area contributed by atoms with E-state index in [9.17, 15) is 13.2 Å². The first kappa shape index (κ1) is 12.7. The van der Waals surface area contributed by atoms with Crippen molar-refractivity contribution in [3.63, 3.8) is 0 Å². The maximum atomic E-state index is 11.8. The van der Waals surface area contributed by atoms with Crippen molar-refractivity contribution in [1.29, 1.82) is 0 Å². The molecule has 2 rings (SSSR count). The van der Waals surface area contributed by atoms with Gasteiger partial charge in [0.05, 0.1) is 5.69 Å². The number of thiazole rings is 1. The fourth-order valence-electron chi connectivity index (χ4n) is 1.32. The van der Waals surface area contributed by atoms with Gasteiger partial charge in [-0.1, -0.05) is 0 Å². The van der Waals surface area contributed by atoms with E-state index in [1.54, 1.807) is 0 Å². The minimum Gasteiger partial charge on any atom is -0.310 e. The van der Waals surface area contributed by atoms with E-state index in [4.69, 9.17) is 0 Å². The Bertz CT molecular complexity index is 448. The van der Waals surface area contributed by atoms with Crippen molar-refractivity contribution in [2.75, 3.05) is 12.3 Å². The molecule has 0 aliphatic carbocycles. The molecule has 0 aliphatic rings. The molecule has 2 aromatic heterocycles. The highest BCUT2D eigenvalue weighted by atomic mass is 32.2. The maximum Gasteiger partial charge on any atom is 0.441 e. The van der Waals surface area contributed by atoms with Crippen molar-refractivity contribution >= 4 is 28.1 Å². The van der Waals surface area contributed by atoms with E-state index in [2.05, 4.69) is 10.3 Å². The minimum atomic E-state index is -4.14. The number of rotatable bonds is 5. The van der Waals surface area contributed by atoms with Crippen LogP contribution in [-0.4, -0.2) is 27.2 Å². The van der Waals surface area contributed by atoms with E-state index >= 15 is 0 Å². The molecular weight excluding hydrogens is 271 g/mol. The van der Waals surface area contributed by atoms with E-state index in [-0.39, 0.29) is 17.5 Å². The Labute approximate surface area is 104 Å². The smallest absolute Gasteiger partial charge is 0.310 e. The summed E-state index contributed by atoms with van der Waals surface area (Å²) in [5.41, 5.74) is -3.30. The van der Waals surface area contributed by atoms with Crippen LogP contribution in [0.15, 0.2) is 17.8 Å². The fourth-order valence-corrected chi connectivity index (χ4v) is 2.51. The van der Waals surface area contributed by atoms with Gasteiger partial charge in [-0.15, -0.1) is 11.3 Å². The van der Waals surface area contributed by atoms with Gasteiger partial charge in [-0.2, -0.15) is 13.2 Å². The highest BCUT2D eigenvalue weighted by Crippen LogP contribution is 2.29. The number of hydrogen-bond acceptors (Lipinski definition) is 4. The van der Waals surface area contributed by atoms with Crippen LogP contribution in [0.1, 0.15) is 5.69 Å². The highest BCUT2D eigenvalue weighted by Gasteiger charge is 2.27. The van der Waals surface area contributed by atoms with Gasteiger partial charge in [-0.25, -0.2) is 4.98 Å². The molecule has 0 fully saturated rings. The summed E-state index contributed by atoms with van der Waals surface area (Å²) in [5.74, 6) is 0.0196. The molecular formula is C9H10F3N3S2. The topological polar surface area (TPSA) is 29.3 Å². The van der Waals surface area contributed by atoms with Gasteiger partial charge < -0.3 is 5.32 Å². The van der Waals surface area contributed by atoms with Crippen molar-refractivity contribution in [2.45, 2.75) is 12.1 Å². The molecule has 0 saturated heterocycles. The summed E-state index contributed by atoms with van der Waals surface area (Å²) in [4.78, 5) is 5.20. The van der Waals surface area contributed by atoms with E-state index in [1.807, 2.05) is 22.2 Å². The molecule has 3 nitrogen and oxygen atoms in total. The van der Waals surface area contributed by atoms with E-state index in [1.165, 1.54) is 11.3 Å². The van der Waals surface area contributed by atoms with Gasteiger partial charge in [0, 0.05) is 36.6 Å². The Balaban J connectivity index is 1.70. The normalized spacial score (nSPS) is 12.4. The van der Waals surface area contributed by atoms with Gasteiger partial charge in [-0.3, -0.25) is 4.40 Å². The summed E-state index contributed by atoms with van der Waals surface area (Å²) in [6.45, 7) is 0.808. The molecule has 0 aromatic carbocycles. The molecule has 17 heavy (non-hydrogen) atoms. The summed E-state index contributed by atoms with van der Waals surface area (Å²) >= 11 is 1.52. The van der Waals surface area contributed by atoms with Crippen LogP contribution < -0.4 is 5.32 Å². The molecule has 8 heteroatoms. The van der Waals surface area contributed by atoms with Gasteiger partial charge in [0.2, 0.25) is 0 Å². The zero-order chi connectivity index (χ0) is 12.3. The molecule has 0 atom stereocenters. The largest absolute Gasteiger partial charge is 0.441 e. The fraction of sp³-hybridized carbons (Fsp3) is 0.444. The van der Waals surface area contributed by atoms with Crippen LogP contribution in [0, 0.1) is 0 Å². The molecule has 1 N–H and O–H groups in total. The second-order valence-electron chi connectivity index (χ2n) is 3.30. The monoisotopic (exact) mass is 281 g/mol. The number of aromatic nitrogens is 2. The standard InChI is InChI=1S/C9H10F3N3S2/c10-9(11,12)17-3-1-13-5-7-6-15-2-4-16-8(15)14-7/h2,4,6,13H,1,3,5H2. The number of imidazole rings is 1. The van der Waals surface area contributed by atoms with Crippen molar-refractivity contribution in [2.24, 2.45) is 0 Å². The molecule has 0 saturated carbocycles. The first-order valence-electron chi connectivity index (χ1n) is 4.87. The predicted molar refractivity (Wildman–Crippen MR) is 63.3 cm³/mol. The minimum absolute atomic E-state index is 0.0107. The van der Waals surface area contributed by atoms with Gasteiger partial charge in [-0.05, 0) is 11.8 Å². The van der Waals surface area contributed by atoms with Gasteiger partial charge in [0.25, 0.3) is 0 Å². The van der Waals surface area contributed by atoms with Crippen LogP contribution in [0.5, 0.6) is 0 Å². The number of hydrogen-bond donors (Lipinski definition) is 1. The molecule has 0 aliphatic heterocycles. The number of nitrogens with zero attached hydrogens (tertiary/aromatic N) is 2. The Morgan fingerprint density at radius 1 is 1.47 bits per heavy atom. The zero-order valence-electron chi connectivity index (χ0n) is 8.70. The van der Waals surface area contributed by atoms with Crippen molar-refractivity contribution < 1.29 is 13.2 Å². The lowest BCUT2D eigenvalue weighted by atomic mass is 10.5. The zero-order valence-corrected chi connectivity index (χ0v) is 10.3. The third-order valence-electron chi connectivity index (χ3n) is 1.99. The Hall–Kier alpha value is -0.730. The number of alkyl halides is 3. The second-order valence-corrected chi connectivity index (χ2v) is 5.33. The van der Waals surface area contributed by atoms with Crippen LogP contribution in [-0.2, 0) is 6.54 Å². The van der Waals surface area contributed by atoms with Crippen LogP contribution in [0.2, 0.25) is 0 Å². The third-order valence-corrected chi connectivity index (χ3v) is 3.50. The Kier molecular flexibility index (Phi) is 3.95. The lowest BCUT2D eigenvalue weighted by molar-refractivity contribution is -0.0327. The number of halogens is 3. The molecule has 0 bridgehead atoms. The van der Waals surface area contributed by atoms with Crippen LogP contribution in [0.25, 0.3) is 4.96 Å². The van der Waals surface area contributed by atoms with Crippen LogP contribution in [0.3, 0.4) is 0 Å². The number of nitrogens with one attached hydrogen (secondary N) is 1. The summed E-state index contributed by atoms with van der Waals surface area (Å²) < 4.78 is 37.4.